The topological polar surface area (TPSA) is 131 Å². The first-order valence-electron chi connectivity index (χ1n) is 8.39. The summed E-state index contributed by atoms with van der Waals surface area (Å²) in [5.74, 6) is 0.481. The minimum Gasteiger partial charge on any atom is -0.354 e. The number of sulfonamides is 1. The molecule has 1 aliphatic heterocycles. The third kappa shape index (κ3) is 3.57. The van der Waals surface area contributed by atoms with Crippen LogP contribution in [0.5, 0.6) is 0 Å². The molecule has 9 nitrogen and oxygen atoms in total. The number of nitrogens with one attached hydrogen (secondary N) is 1. The van der Waals surface area contributed by atoms with Crippen molar-refractivity contribution >= 4 is 28.3 Å². The number of nitrogens with zero attached hydrogens (tertiary/aromatic N) is 3. The van der Waals surface area contributed by atoms with Gasteiger partial charge in [-0.25, -0.2) is 8.42 Å². The lowest BCUT2D eigenvalue weighted by molar-refractivity contribution is -0.122. The maximum Gasteiger partial charge on any atom is 0.257 e. The van der Waals surface area contributed by atoms with Gasteiger partial charge in [0.15, 0.2) is 5.82 Å². The number of carbonyl (C=O) groups excluding carboxylic acids is 1. The Morgan fingerprint density at radius 1 is 1.22 bits per heavy atom. The Bertz CT molecular complexity index is 940. The molecule has 0 radical (unpaired) electrons. The van der Waals surface area contributed by atoms with Crippen molar-refractivity contribution < 1.29 is 17.7 Å². The second-order valence-electron chi connectivity index (χ2n) is 6.65. The summed E-state index contributed by atoms with van der Waals surface area (Å²) in [7, 11) is -3.72. The van der Waals surface area contributed by atoms with E-state index < -0.39 is 15.6 Å². The Hall–Kier alpha value is -2.01. The summed E-state index contributed by atoms with van der Waals surface area (Å²) < 4.78 is 31.7. The Morgan fingerprint density at radius 3 is 2.52 bits per heavy atom. The Labute approximate surface area is 162 Å². The number of hydrogen-bond donors (Lipinski definition) is 2. The van der Waals surface area contributed by atoms with E-state index in [2.05, 4.69) is 15.5 Å². The molecule has 1 saturated carbocycles. The zero-order valence-corrected chi connectivity index (χ0v) is 16.1. The van der Waals surface area contributed by atoms with Gasteiger partial charge in [0.25, 0.3) is 5.89 Å². The third-order valence-electron chi connectivity index (χ3n) is 4.86. The van der Waals surface area contributed by atoms with Crippen molar-refractivity contribution in [3.63, 3.8) is 0 Å². The standard InChI is InChI=1S/C16H19N5O4S.ClH/c17-16(6-1-7-16)15-19-14(25-20-15)11-2-4-12(5-3-11)26(23,24)21-9-8-18-13(22)10-21;/h2-5H,1,6-10,17H2,(H,18,22);1H. The van der Waals surface area contributed by atoms with E-state index in [0.717, 1.165) is 19.3 Å². The van der Waals surface area contributed by atoms with Crippen LogP contribution in [0.1, 0.15) is 25.1 Å². The average molecular weight is 414 g/mol. The summed E-state index contributed by atoms with van der Waals surface area (Å²) in [6.45, 7) is 0.388. The SMILES string of the molecule is Cl.NC1(c2noc(-c3ccc(S(=O)(=O)N4CCNC(=O)C4)cc3)n2)CCC1. The molecule has 1 saturated heterocycles. The van der Waals surface area contributed by atoms with Crippen LogP contribution in [0.2, 0.25) is 0 Å². The lowest BCUT2D eigenvalue weighted by atomic mass is 9.77. The van der Waals surface area contributed by atoms with Crippen LogP contribution in [-0.2, 0) is 20.4 Å². The minimum absolute atomic E-state index is 0. The minimum atomic E-state index is -3.72. The number of nitrogens with two attached hydrogens (primary N) is 1. The first-order valence-corrected chi connectivity index (χ1v) is 9.83. The highest BCUT2D eigenvalue weighted by atomic mass is 35.5. The molecule has 1 aromatic heterocycles. The van der Waals surface area contributed by atoms with Gasteiger partial charge in [-0.1, -0.05) is 5.16 Å². The molecule has 3 N–H and O–H groups in total. The molecule has 0 spiro atoms. The highest BCUT2D eigenvalue weighted by Gasteiger charge is 2.39. The number of halogens is 1. The number of aromatic nitrogens is 2. The van der Waals surface area contributed by atoms with E-state index in [1.54, 1.807) is 12.1 Å². The zero-order chi connectivity index (χ0) is 18.4. The molecule has 2 fully saturated rings. The number of benzene rings is 1. The summed E-state index contributed by atoms with van der Waals surface area (Å²) in [6.07, 6.45) is 2.70. The van der Waals surface area contributed by atoms with Crippen LogP contribution in [-0.4, -0.2) is 48.4 Å². The van der Waals surface area contributed by atoms with Crippen molar-refractivity contribution in [3.05, 3.63) is 30.1 Å². The molecule has 11 heteroatoms. The van der Waals surface area contributed by atoms with Crippen molar-refractivity contribution in [2.45, 2.75) is 29.7 Å². The molecule has 2 heterocycles. The number of hydrogen-bond acceptors (Lipinski definition) is 7. The van der Waals surface area contributed by atoms with Gasteiger partial charge in [-0.15, -0.1) is 12.4 Å². The van der Waals surface area contributed by atoms with Gasteiger partial charge in [-0.2, -0.15) is 9.29 Å². The molecule has 1 aliphatic carbocycles. The van der Waals surface area contributed by atoms with Gasteiger partial charge < -0.3 is 15.6 Å². The number of piperazine rings is 1. The first kappa shape index (κ1) is 19.7. The van der Waals surface area contributed by atoms with Crippen LogP contribution in [0.25, 0.3) is 11.5 Å². The lowest BCUT2D eigenvalue weighted by Crippen LogP contribution is -2.49. The molecule has 146 valence electrons. The van der Waals surface area contributed by atoms with Crippen molar-refractivity contribution in [3.8, 4) is 11.5 Å². The predicted octanol–water partition coefficient (Wildman–Crippen LogP) is 0.617. The maximum atomic E-state index is 12.6. The number of rotatable bonds is 4. The van der Waals surface area contributed by atoms with E-state index in [1.165, 1.54) is 16.4 Å². The van der Waals surface area contributed by atoms with Gasteiger partial charge in [0.05, 0.1) is 17.0 Å². The van der Waals surface area contributed by atoms with Crippen LogP contribution >= 0.6 is 12.4 Å². The molecule has 2 aliphatic rings. The van der Waals surface area contributed by atoms with Gasteiger partial charge in [0.1, 0.15) is 0 Å². The fourth-order valence-electron chi connectivity index (χ4n) is 3.06. The summed E-state index contributed by atoms with van der Waals surface area (Å²) >= 11 is 0. The van der Waals surface area contributed by atoms with Gasteiger partial charge in [-0.3, -0.25) is 4.79 Å². The molecule has 1 amide bonds. The quantitative estimate of drug-likeness (QED) is 0.750. The summed E-state index contributed by atoms with van der Waals surface area (Å²) in [6, 6.07) is 6.17. The first-order chi connectivity index (χ1) is 12.4. The average Bonchev–Trinajstić information content (AvgIpc) is 3.10. The second kappa shape index (κ2) is 7.19. The fourth-order valence-corrected chi connectivity index (χ4v) is 4.46. The third-order valence-corrected chi connectivity index (χ3v) is 6.72. The largest absolute Gasteiger partial charge is 0.354 e. The molecule has 2 aromatic rings. The van der Waals surface area contributed by atoms with E-state index in [9.17, 15) is 13.2 Å². The van der Waals surface area contributed by atoms with Crippen LogP contribution in [0.15, 0.2) is 33.7 Å². The van der Waals surface area contributed by atoms with Gasteiger partial charge in [0, 0.05) is 18.7 Å². The maximum absolute atomic E-state index is 12.6. The van der Waals surface area contributed by atoms with Crippen molar-refractivity contribution in [1.82, 2.24) is 19.8 Å². The summed E-state index contributed by atoms with van der Waals surface area (Å²) in [5, 5.41) is 6.56. The molecular weight excluding hydrogens is 394 g/mol. The highest BCUT2D eigenvalue weighted by molar-refractivity contribution is 7.89. The van der Waals surface area contributed by atoms with Gasteiger partial charge in [0.2, 0.25) is 15.9 Å². The smallest absolute Gasteiger partial charge is 0.257 e. The lowest BCUT2D eigenvalue weighted by Gasteiger charge is -2.34. The molecule has 4 rings (SSSR count). The second-order valence-corrected chi connectivity index (χ2v) is 8.58. The van der Waals surface area contributed by atoms with E-state index in [1.807, 2.05) is 0 Å². The Morgan fingerprint density at radius 2 is 1.93 bits per heavy atom. The molecule has 0 unspecified atom stereocenters. The van der Waals surface area contributed by atoms with Gasteiger partial charge >= 0.3 is 0 Å². The van der Waals surface area contributed by atoms with Gasteiger partial charge in [-0.05, 0) is 43.5 Å². The van der Waals surface area contributed by atoms with E-state index in [0.29, 0.717) is 23.8 Å². The molecule has 0 bridgehead atoms. The molecule has 27 heavy (non-hydrogen) atoms. The van der Waals surface area contributed by atoms with Crippen LogP contribution < -0.4 is 11.1 Å². The Kier molecular flexibility index (Phi) is 5.26. The predicted molar refractivity (Wildman–Crippen MR) is 98.5 cm³/mol. The zero-order valence-electron chi connectivity index (χ0n) is 14.4. The number of carbonyl (C=O) groups is 1. The molecular formula is C16H20ClN5O4S. The van der Waals surface area contributed by atoms with Crippen molar-refractivity contribution in [2.75, 3.05) is 19.6 Å². The number of amides is 1. The van der Waals surface area contributed by atoms with Crippen LogP contribution in [0.4, 0.5) is 0 Å². The summed E-state index contributed by atoms with van der Waals surface area (Å²) in [4.78, 5) is 15.9. The fraction of sp³-hybridized carbons (Fsp3) is 0.438. The van der Waals surface area contributed by atoms with Crippen molar-refractivity contribution in [1.29, 1.82) is 0 Å². The van der Waals surface area contributed by atoms with E-state index in [4.69, 9.17) is 10.3 Å². The highest BCUT2D eigenvalue weighted by Crippen LogP contribution is 2.37. The van der Waals surface area contributed by atoms with Crippen LogP contribution in [0.3, 0.4) is 0 Å². The van der Waals surface area contributed by atoms with E-state index in [-0.39, 0.29) is 36.3 Å². The van der Waals surface area contributed by atoms with E-state index >= 15 is 0 Å². The normalized spacial score (nSPS) is 19.7. The monoisotopic (exact) mass is 413 g/mol. The van der Waals surface area contributed by atoms with Crippen LogP contribution in [0, 0.1) is 0 Å². The van der Waals surface area contributed by atoms with Crippen molar-refractivity contribution in [2.24, 2.45) is 5.73 Å². The summed E-state index contributed by atoms with van der Waals surface area (Å²) in [5.41, 5.74) is 6.29. The molecule has 0 atom stereocenters. The molecule has 1 aromatic carbocycles. The Balaban J connectivity index is 0.00000210.